The molecule has 2 heterocycles. The van der Waals surface area contributed by atoms with Crippen molar-refractivity contribution >= 4 is 43.4 Å². The van der Waals surface area contributed by atoms with Gasteiger partial charge in [0.1, 0.15) is 5.82 Å². The van der Waals surface area contributed by atoms with E-state index in [2.05, 4.69) is 10.1 Å². The standard InChI is InChI=1S/C23H17FN4OS/c24-19-8-9-20-21(15-19)30-23(26-20)28(13-12-27-11-3-10-25-27)22(29)18-7-6-16-4-1-2-5-17(16)14-18/h1-11,14-15H,12-13H2. The number of nitrogens with zero attached hydrogens (tertiary/aromatic N) is 4. The maximum absolute atomic E-state index is 13.6. The van der Waals surface area contributed by atoms with Crippen molar-refractivity contribution in [3.8, 4) is 0 Å². The Morgan fingerprint density at radius 3 is 2.73 bits per heavy atom. The van der Waals surface area contributed by atoms with Gasteiger partial charge in [-0.1, -0.05) is 41.7 Å². The van der Waals surface area contributed by atoms with E-state index in [1.807, 2.05) is 54.7 Å². The molecule has 5 aromatic rings. The third-order valence-electron chi connectivity index (χ3n) is 4.92. The highest BCUT2D eigenvalue weighted by molar-refractivity contribution is 7.22. The van der Waals surface area contributed by atoms with Crippen molar-refractivity contribution in [1.82, 2.24) is 14.8 Å². The molecular formula is C23H17FN4OS. The van der Waals surface area contributed by atoms with E-state index in [9.17, 15) is 9.18 Å². The van der Waals surface area contributed by atoms with E-state index in [0.29, 0.717) is 34.0 Å². The lowest BCUT2D eigenvalue weighted by Crippen LogP contribution is -2.34. The Balaban J connectivity index is 1.53. The van der Waals surface area contributed by atoms with Gasteiger partial charge in [0.05, 0.1) is 16.8 Å². The lowest BCUT2D eigenvalue weighted by molar-refractivity contribution is 0.0986. The van der Waals surface area contributed by atoms with E-state index < -0.39 is 0 Å². The van der Waals surface area contributed by atoms with Crippen LogP contribution >= 0.6 is 11.3 Å². The first-order valence-electron chi connectivity index (χ1n) is 9.51. The third kappa shape index (κ3) is 3.55. The van der Waals surface area contributed by atoms with Crippen LogP contribution in [0.2, 0.25) is 0 Å². The Morgan fingerprint density at radius 1 is 1.03 bits per heavy atom. The van der Waals surface area contributed by atoms with Crippen LogP contribution < -0.4 is 4.90 Å². The number of carbonyl (C=O) groups is 1. The van der Waals surface area contributed by atoms with Gasteiger partial charge in [-0.05, 0) is 47.2 Å². The fourth-order valence-electron chi connectivity index (χ4n) is 3.40. The average Bonchev–Trinajstić information content (AvgIpc) is 3.43. The molecule has 7 heteroatoms. The number of anilines is 1. The van der Waals surface area contributed by atoms with Crippen LogP contribution in [-0.4, -0.2) is 27.2 Å². The van der Waals surface area contributed by atoms with Crippen molar-refractivity contribution in [3.63, 3.8) is 0 Å². The molecule has 0 aliphatic rings. The zero-order valence-corrected chi connectivity index (χ0v) is 16.7. The van der Waals surface area contributed by atoms with Crippen LogP contribution in [0.3, 0.4) is 0 Å². The molecule has 0 atom stereocenters. The normalized spacial score (nSPS) is 11.2. The number of benzene rings is 3. The van der Waals surface area contributed by atoms with Crippen LogP contribution in [0.4, 0.5) is 9.52 Å². The summed E-state index contributed by atoms with van der Waals surface area (Å²) in [6.07, 6.45) is 3.56. The van der Waals surface area contributed by atoms with Gasteiger partial charge in [-0.3, -0.25) is 14.4 Å². The fraction of sp³-hybridized carbons (Fsp3) is 0.0870. The molecular weight excluding hydrogens is 399 g/mol. The monoisotopic (exact) mass is 416 g/mol. The molecule has 0 saturated heterocycles. The molecule has 0 aliphatic heterocycles. The quantitative estimate of drug-likeness (QED) is 0.399. The Labute approximate surface area is 176 Å². The number of hydrogen-bond donors (Lipinski definition) is 0. The van der Waals surface area contributed by atoms with Crippen LogP contribution in [-0.2, 0) is 6.54 Å². The van der Waals surface area contributed by atoms with Gasteiger partial charge in [-0.15, -0.1) is 0 Å². The van der Waals surface area contributed by atoms with E-state index in [-0.39, 0.29) is 11.7 Å². The summed E-state index contributed by atoms with van der Waals surface area (Å²) in [4.78, 5) is 19.7. The van der Waals surface area contributed by atoms with Crippen molar-refractivity contribution < 1.29 is 9.18 Å². The van der Waals surface area contributed by atoms with Crippen LogP contribution in [0.15, 0.2) is 79.1 Å². The van der Waals surface area contributed by atoms with Crippen molar-refractivity contribution in [3.05, 3.63) is 90.5 Å². The van der Waals surface area contributed by atoms with Gasteiger partial charge in [0.25, 0.3) is 5.91 Å². The number of amides is 1. The molecule has 148 valence electrons. The van der Waals surface area contributed by atoms with E-state index in [0.717, 1.165) is 10.8 Å². The molecule has 1 amide bonds. The minimum Gasteiger partial charge on any atom is -0.282 e. The highest BCUT2D eigenvalue weighted by Gasteiger charge is 2.22. The number of halogens is 1. The molecule has 0 radical (unpaired) electrons. The Bertz CT molecular complexity index is 1350. The van der Waals surface area contributed by atoms with Crippen LogP contribution in [0.5, 0.6) is 0 Å². The van der Waals surface area contributed by atoms with Crippen molar-refractivity contribution in [2.24, 2.45) is 0 Å². The lowest BCUT2D eigenvalue weighted by Gasteiger charge is -2.20. The topological polar surface area (TPSA) is 51.0 Å². The molecule has 0 fully saturated rings. The zero-order valence-electron chi connectivity index (χ0n) is 15.9. The number of carbonyl (C=O) groups excluding carboxylic acids is 1. The summed E-state index contributed by atoms with van der Waals surface area (Å²) in [5, 5.41) is 6.84. The SMILES string of the molecule is O=C(c1ccc2ccccc2c1)N(CCn1cccn1)c1nc2ccc(F)cc2s1. The van der Waals surface area contributed by atoms with E-state index in [1.54, 1.807) is 21.8 Å². The van der Waals surface area contributed by atoms with Crippen molar-refractivity contribution in [2.75, 3.05) is 11.4 Å². The van der Waals surface area contributed by atoms with Gasteiger partial charge < -0.3 is 0 Å². The molecule has 0 unspecified atom stereocenters. The van der Waals surface area contributed by atoms with E-state index in [4.69, 9.17) is 0 Å². The second kappa shape index (κ2) is 7.68. The zero-order chi connectivity index (χ0) is 20.5. The minimum atomic E-state index is -0.318. The van der Waals surface area contributed by atoms with Gasteiger partial charge >= 0.3 is 0 Å². The molecule has 5 rings (SSSR count). The first kappa shape index (κ1) is 18.4. The maximum atomic E-state index is 13.6. The van der Waals surface area contributed by atoms with Crippen LogP contribution in [0.25, 0.3) is 21.0 Å². The van der Waals surface area contributed by atoms with E-state index in [1.165, 1.54) is 23.5 Å². The molecule has 0 saturated carbocycles. The lowest BCUT2D eigenvalue weighted by atomic mass is 10.1. The predicted molar refractivity (Wildman–Crippen MR) is 117 cm³/mol. The first-order valence-corrected chi connectivity index (χ1v) is 10.3. The molecule has 0 aliphatic carbocycles. The summed E-state index contributed by atoms with van der Waals surface area (Å²) < 4.78 is 16.1. The second-order valence-electron chi connectivity index (χ2n) is 6.90. The number of aromatic nitrogens is 3. The fourth-order valence-corrected chi connectivity index (χ4v) is 4.41. The molecule has 0 bridgehead atoms. The Hall–Kier alpha value is -3.58. The molecule has 0 N–H and O–H groups in total. The summed E-state index contributed by atoms with van der Waals surface area (Å²) in [6, 6.07) is 19.9. The number of thiazole rings is 1. The first-order chi connectivity index (χ1) is 14.7. The van der Waals surface area contributed by atoms with Gasteiger partial charge in [-0.25, -0.2) is 9.37 Å². The van der Waals surface area contributed by atoms with Crippen LogP contribution in [0.1, 0.15) is 10.4 Å². The smallest absolute Gasteiger partial charge is 0.260 e. The largest absolute Gasteiger partial charge is 0.282 e. The average molecular weight is 416 g/mol. The molecule has 0 spiro atoms. The molecule has 30 heavy (non-hydrogen) atoms. The summed E-state index contributed by atoms with van der Waals surface area (Å²) >= 11 is 1.31. The van der Waals surface area contributed by atoms with Crippen molar-refractivity contribution in [1.29, 1.82) is 0 Å². The second-order valence-corrected chi connectivity index (χ2v) is 7.91. The highest BCUT2D eigenvalue weighted by atomic mass is 32.1. The van der Waals surface area contributed by atoms with Crippen LogP contribution in [0, 0.1) is 5.82 Å². The Morgan fingerprint density at radius 2 is 1.90 bits per heavy atom. The van der Waals surface area contributed by atoms with Gasteiger partial charge in [-0.2, -0.15) is 5.10 Å². The summed E-state index contributed by atoms with van der Waals surface area (Å²) in [7, 11) is 0. The third-order valence-corrected chi connectivity index (χ3v) is 5.96. The molecule has 5 nitrogen and oxygen atoms in total. The predicted octanol–water partition coefficient (Wildman–Crippen LogP) is 5.13. The highest BCUT2D eigenvalue weighted by Crippen LogP contribution is 2.30. The van der Waals surface area contributed by atoms with Crippen molar-refractivity contribution in [2.45, 2.75) is 6.54 Å². The summed E-state index contributed by atoms with van der Waals surface area (Å²) in [5.74, 6) is -0.464. The maximum Gasteiger partial charge on any atom is 0.260 e. The Kier molecular flexibility index (Phi) is 4.72. The van der Waals surface area contributed by atoms with Gasteiger partial charge in [0, 0.05) is 24.5 Å². The molecule has 2 aromatic heterocycles. The number of fused-ring (bicyclic) bond motifs is 2. The number of rotatable bonds is 5. The molecule has 3 aromatic carbocycles. The minimum absolute atomic E-state index is 0.146. The van der Waals surface area contributed by atoms with Gasteiger partial charge in [0.2, 0.25) is 0 Å². The van der Waals surface area contributed by atoms with Gasteiger partial charge in [0.15, 0.2) is 5.13 Å². The van der Waals surface area contributed by atoms with E-state index >= 15 is 0 Å². The summed E-state index contributed by atoms with van der Waals surface area (Å²) in [5.41, 5.74) is 1.26. The summed E-state index contributed by atoms with van der Waals surface area (Å²) in [6.45, 7) is 0.923. The number of hydrogen-bond acceptors (Lipinski definition) is 4.